The zero-order valence-corrected chi connectivity index (χ0v) is 20.7. The SMILES string of the molecule is CCCS(=O)(=O)Nc1ccc(S(=O)(=O)c2nc(Nc3cc(C)[nH]n3)cc(-c3ccccc3)n2)cc1. The van der Waals surface area contributed by atoms with Crippen LogP contribution in [0.4, 0.5) is 17.3 Å². The van der Waals surface area contributed by atoms with Crippen LogP contribution in [0.2, 0.25) is 0 Å². The molecular formula is C23H24N6O4S2. The number of sulfonamides is 1. The predicted octanol–water partition coefficient (Wildman–Crippen LogP) is 3.90. The minimum absolute atomic E-state index is 0.0293. The molecule has 4 aromatic rings. The third-order valence-corrected chi connectivity index (χ3v) is 7.94. The fraction of sp³-hybridized carbons (Fsp3) is 0.174. The van der Waals surface area contributed by atoms with Crippen molar-refractivity contribution in [2.75, 3.05) is 15.8 Å². The molecule has 35 heavy (non-hydrogen) atoms. The van der Waals surface area contributed by atoms with Crippen LogP contribution in [0.1, 0.15) is 19.0 Å². The van der Waals surface area contributed by atoms with Gasteiger partial charge in [0.2, 0.25) is 19.9 Å². The zero-order valence-electron chi connectivity index (χ0n) is 19.1. The molecule has 182 valence electrons. The molecule has 2 heterocycles. The first-order valence-corrected chi connectivity index (χ1v) is 13.9. The number of aromatic amines is 1. The second-order valence-corrected chi connectivity index (χ2v) is 11.5. The van der Waals surface area contributed by atoms with Gasteiger partial charge in [-0.25, -0.2) is 26.8 Å². The van der Waals surface area contributed by atoms with Crippen LogP contribution in [0.15, 0.2) is 76.8 Å². The highest BCUT2D eigenvalue weighted by Gasteiger charge is 2.24. The molecule has 0 aliphatic carbocycles. The molecule has 12 heteroatoms. The van der Waals surface area contributed by atoms with Gasteiger partial charge in [-0.3, -0.25) is 9.82 Å². The van der Waals surface area contributed by atoms with Gasteiger partial charge in [-0.05, 0) is 37.6 Å². The van der Waals surface area contributed by atoms with Crippen molar-refractivity contribution in [1.29, 1.82) is 0 Å². The third-order valence-electron chi connectivity index (χ3n) is 4.89. The highest BCUT2D eigenvalue weighted by molar-refractivity contribution is 7.92. The second-order valence-electron chi connectivity index (χ2n) is 7.80. The van der Waals surface area contributed by atoms with E-state index in [4.69, 9.17) is 0 Å². The first kappa shape index (κ1) is 24.4. The average molecular weight is 513 g/mol. The number of hydrogen-bond donors (Lipinski definition) is 3. The van der Waals surface area contributed by atoms with Crippen molar-refractivity contribution in [2.24, 2.45) is 0 Å². The topological polar surface area (TPSA) is 147 Å². The van der Waals surface area contributed by atoms with E-state index >= 15 is 0 Å². The summed E-state index contributed by atoms with van der Waals surface area (Å²) in [5, 5.41) is 9.54. The molecular weight excluding hydrogens is 488 g/mol. The number of nitrogens with one attached hydrogen (secondary N) is 3. The van der Waals surface area contributed by atoms with Crippen molar-refractivity contribution in [2.45, 2.75) is 30.3 Å². The minimum atomic E-state index is -4.12. The number of sulfone groups is 1. The lowest BCUT2D eigenvalue weighted by Gasteiger charge is -2.11. The Labute approximate surface area is 203 Å². The normalized spacial score (nSPS) is 11.8. The Morgan fingerprint density at radius 3 is 2.23 bits per heavy atom. The molecule has 10 nitrogen and oxygen atoms in total. The molecule has 0 spiro atoms. The fourth-order valence-corrected chi connectivity index (χ4v) is 5.56. The van der Waals surface area contributed by atoms with Crippen LogP contribution < -0.4 is 10.0 Å². The van der Waals surface area contributed by atoms with E-state index in [1.165, 1.54) is 24.3 Å². The van der Waals surface area contributed by atoms with Crippen molar-refractivity contribution in [3.63, 3.8) is 0 Å². The van der Waals surface area contributed by atoms with Gasteiger partial charge in [0.05, 0.1) is 16.3 Å². The molecule has 0 unspecified atom stereocenters. The zero-order chi connectivity index (χ0) is 25.1. The smallest absolute Gasteiger partial charge is 0.254 e. The molecule has 0 amide bonds. The molecule has 0 saturated carbocycles. The largest absolute Gasteiger partial charge is 0.323 e. The Morgan fingerprint density at radius 1 is 0.886 bits per heavy atom. The van der Waals surface area contributed by atoms with Gasteiger partial charge >= 0.3 is 0 Å². The number of aromatic nitrogens is 4. The molecule has 2 aromatic carbocycles. The van der Waals surface area contributed by atoms with Crippen LogP contribution in [0.5, 0.6) is 0 Å². The Hall–Kier alpha value is -3.77. The summed E-state index contributed by atoms with van der Waals surface area (Å²) in [4.78, 5) is 8.50. The summed E-state index contributed by atoms with van der Waals surface area (Å²) in [5.41, 5.74) is 2.23. The number of rotatable bonds is 9. The lowest BCUT2D eigenvalue weighted by atomic mass is 10.1. The van der Waals surface area contributed by atoms with Gasteiger partial charge in [0, 0.05) is 29.1 Å². The Kier molecular flexibility index (Phi) is 6.85. The third kappa shape index (κ3) is 5.84. The standard InChI is InChI=1S/C23H24N6O4S2/c1-3-13-34(30,31)29-18-9-11-19(12-10-18)35(32,33)23-24-20(17-7-5-4-6-8-17)15-21(26-23)25-22-14-16(2)27-28-22/h4-12,14-15,29H,3,13H2,1-2H3,(H2,24,25,26,27,28). The summed E-state index contributed by atoms with van der Waals surface area (Å²) in [7, 11) is -7.61. The van der Waals surface area contributed by atoms with Gasteiger partial charge < -0.3 is 5.32 Å². The van der Waals surface area contributed by atoms with Crippen molar-refractivity contribution < 1.29 is 16.8 Å². The minimum Gasteiger partial charge on any atom is -0.323 e. The van der Waals surface area contributed by atoms with Gasteiger partial charge in [0.25, 0.3) is 5.16 Å². The van der Waals surface area contributed by atoms with Crippen LogP contribution in [0.25, 0.3) is 11.3 Å². The highest BCUT2D eigenvalue weighted by atomic mass is 32.2. The maximum Gasteiger partial charge on any atom is 0.254 e. The summed E-state index contributed by atoms with van der Waals surface area (Å²) < 4.78 is 53.3. The highest BCUT2D eigenvalue weighted by Crippen LogP contribution is 2.27. The Balaban J connectivity index is 1.72. The number of hydrogen-bond acceptors (Lipinski definition) is 8. The summed E-state index contributed by atoms with van der Waals surface area (Å²) in [6.45, 7) is 3.60. The monoisotopic (exact) mass is 512 g/mol. The van der Waals surface area contributed by atoms with E-state index in [1.807, 2.05) is 37.3 Å². The van der Waals surface area contributed by atoms with E-state index in [-0.39, 0.29) is 22.2 Å². The van der Waals surface area contributed by atoms with Gasteiger partial charge in [0.15, 0.2) is 5.82 Å². The second kappa shape index (κ2) is 9.84. The number of anilines is 3. The van der Waals surface area contributed by atoms with E-state index in [0.29, 0.717) is 23.5 Å². The number of H-pyrrole nitrogens is 1. The molecule has 4 rings (SSSR count). The summed E-state index contributed by atoms with van der Waals surface area (Å²) >= 11 is 0. The lowest BCUT2D eigenvalue weighted by Crippen LogP contribution is -2.16. The van der Waals surface area contributed by atoms with Crippen molar-refractivity contribution in [1.82, 2.24) is 20.2 Å². The average Bonchev–Trinajstić information content (AvgIpc) is 3.23. The van der Waals surface area contributed by atoms with Crippen molar-refractivity contribution in [3.8, 4) is 11.3 Å². The molecule has 0 atom stereocenters. The quantitative estimate of drug-likeness (QED) is 0.286. The van der Waals surface area contributed by atoms with Crippen LogP contribution >= 0.6 is 0 Å². The van der Waals surface area contributed by atoms with E-state index in [0.717, 1.165) is 5.69 Å². The van der Waals surface area contributed by atoms with Crippen LogP contribution in [0, 0.1) is 6.92 Å². The molecule has 0 bridgehead atoms. The van der Waals surface area contributed by atoms with Crippen molar-refractivity contribution in [3.05, 3.63) is 72.4 Å². The van der Waals surface area contributed by atoms with E-state index in [2.05, 4.69) is 30.2 Å². The maximum absolute atomic E-state index is 13.4. The summed E-state index contributed by atoms with van der Waals surface area (Å²) in [5.74, 6) is 0.707. The number of nitrogens with zero attached hydrogens (tertiary/aromatic N) is 3. The van der Waals surface area contributed by atoms with Crippen LogP contribution in [0.3, 0.4) is 0 Å². The number of benzene rings is 2. The van der Waals surface area contributed by atoms with E-state index in [1.54, 1.807) is 19.1 Å². The van der Waals surface area contributed by atoms with Gasteiger partial charge in [-0.15, -0.1) is 0 Å². The Bertz CT molecular complexity index is 1530. The molecule has 0 fully saturated rings. The maximum atomic E-state index is 13.4. The molecule has 0 radical (unpaired) electrons. The van der Waals surface area contributed by atoms with Crippen LogP contribution in [-0.4, -0.2) is 42.8 Å². The molecule has 0 aliphatic rings. The van der Waals surface area contributed by atoms with Crippen LogP contribution in [-0.2, 0) is 19.9 Å². The number of aryl methyl sites for hydroxylation is 1. The lowest BCUT2D eigenvalue weighted by molar-refractivity contribution is 0.587. The summed E-state index contributed by atoms with van der Waals surface area (Å²) in [6, 6.07) is 18.0. The first-order chi connectivity index (χ1) is 16.7. The molecule has 0 saturated heterocycles. The molecule has 0 aliphatic heterocycles. The predicted molar refractivity (Wildman–Crippen MR) is 134 cm³/mol. The van der Waals surface area contributed by atoms with Gasteiger partial charge in [0.1, 0.15) is 5.82 Å². The Morgan fingerprint density at radius 2 is 1.60 bits per heavy atom. The van der Waals surface area contributed by atoms with Gasteiger partial charge in [-0.2, -0.15) is 5.10 Å². The van der Waals surface area contributed by atoms with Gasteiger partial charge in [-0.1, -0.05) is 37.3 Å². The van der Waals surface area contributed by atoms with E-state index in [9.17, 15) is 16.8 Å². The molecule has 2 aromatic heterocycles. The van der Waals surface area contributed by atoms with Crippen molar-refractivity contribution >= 4 is 37.2 Å². The molecule has 3 N–H and O–H groups in total. The fourth-order valence-electron chi connectivity index (χ4n) is 3.29. The first-order valence-electron chi connectivity index (χ1n) is 10.8. The van der Waals surface area contributed by atoms with E-state index < -0.39 is 25.0 Å². The summed E-state index contributed by atoms with van der Waals surface area (Å²) in [6.07, 6.45) is 0.463.